The molecule has 0 aliphatic heterocycles. The normalized spacial score (nSPS) is 10.7. The molecule has 98 valence electrons. The fourth-order valence-electron chi connectivity index (χ4n) is 2.40. The molecule has 3 nitrogen and oxygen atoms in total. The molecule has 0 amide bonds. The van der Waals surface area contributed by atoms with Crippen molar-refractivity contribution in [3.63, 3.8) is 0 Å². The van der Waals surface area contributed by atoms with E-state index in [2.05, 4.69) is 37.0 Å². The van der Waals surface area contributed by atoms with E-state index in [1.165, 1.54) is 11.1 Å². The van der Waals surface area contributed by atoms with Gasteiger partial charge in [-0.2, -0.15) is 5.26 Å². The molecule has 0 atom stereocenters. The van der Waals surface area contributed by atoms with Crippen LogP contribution in [-0.2, 0) is 0 Å². The quantitative estimate of drug-likeness (QED) is 0.668. The molecule has 3 aromatic rings. The van der Waals surface area contributed by atoms with Crippen LogP contribution in [0.2, 0.25) is 0 Å². The first kappa shape index (κ1) is 12.4. The van der Waals surface area contributed by atoms with Crippen molar-refractivity contribution < 1.29 is 0 Å². The number of pyridine rings is 1. The summed E-state index contributed by atoms with van der Waals surface area (Å²) in [4.78, 5) is 4.66. The molecule has 3 rings (SSSR count). The minimum Gasteiger partial charge on any atom is -0.291 e. The number of hydrogen-bond donors (Lipinski definition) is 0. The SMILES string of the molecule is Cc1ccc(-c2nc3c(C)cccn3c2C#N)cc1C. The van der Waals surface area contributed by atoms with Gasteiger partial charge >= 0.3 is 0 Å². The van der Waals surface area contributed by atoms with E-state index >= 15 is 0 Å². The highest BCUT2D eigenvalue weighted by molar-refractivity contribution is 5.71. The van der Waals surface area contributed by atoms with Crippen molar-refractivity contribution in [3.05, 3.63) is 58.9 Å². The van der Waals surface area contributed by atoms with E-state index in [4.69, 9.17) is 0 Å². The summed E-state index contributed by atoms with van der Waals surface area (Å²) < 4.78 is 1.86. The van der Waals surface area contributed by atoms with E-state index in [1.807, 2.05) is 35.7 Å². The molecular formula is C17H15N3. The molecule has 0 unspecified atom stereocenters. The Hall–Kier alpha value is -2.60. The molecule has 20 heavy (non-hydrogen) atoms. The van der Waals surface area contributed by atoms with Crippen LogP contribution in [0, 0.1) is 32.1 Å². The van der Waals surface area contributed by atoms with Crippen LogP contribution in [0.1, 0.15) is 22.4 Å². The highest BCUT2D eigenvalue weighted by Gasteiger charge is 2.15. The van der Waals surface area contributed by atoms with Gasteiger partial charge < -0.3 is 0 Å². The summed E-state index contributed by atoms with van der Waals surface area (Å²) in [6.45, 7) is 6.16. The molecule has 2 heterocycles. The molecule has 0 fully saturated rings. The zero-order chi connectivity index (χ0) is 14.3. The predicted molar refractivity (Wildman–Crippen MR) is 79.6 cm³/mol. The summed E-state index contributed by atoms with van der Waals surface area (Å²) in [5.41, 5.74) is 6.70. The van der Waals surface area contributed by atoms with Gasteiger partial charge in [0.1, 0.15) is 17.4 Å². The summed E-state index contributed by atoms with van der Waals surface area (Å²) in [5, 5.41) is 9.47. The van der Waals surface area contributed by atoms with Gasteiger partial charge in [-0.15, -0.1) is 0 Å². The van der Waals surface area contributed by atoms with Crippen LogP contribution in [0.5, 0.6) is 0 Å². The maximum Gasteiger partial charge on any atom is 0.152 e. The molecule has 0 aliphatic carbocycles. The Kier molecular flexibility index (Phi) is 2.80. The molecule has 0 bridgehead atoms. The fourth-order valence-corrected chi connectivity index (χ4v) is 2.40. The van der Waals surface area contributed by atoms with Crippen molar-refractivity contribution in [2.24, 2.45) is 0 Å². The Morgan fingerprint density at radius 3 is 2.55 bits per heavy atom. The van der Waals surface area contributed by atoms with Gasteiger partial charge in [0.15, 0.2) is 5.69 Å². The molecule has 0 radical (unpaired) electrons. The van der Waals surface area contributed by atoms with Gasteiger partial charge in [0.25, 0.3) is 0 Å². The fraction of sp³-hybridized carbons (Fsp3) is 0.176. The van der Waals surface area contributed by atoms with E-state index in [0.29, 0.717) is 5.69 Å². The molecule has 3 heteroatoms. The number of nitriles is 1. The molecule has 0 spiro atoms. The van der Waals surface area contributed by atoms with Crippen molar-refractivity contribution in [2.75, 3.05) is 0 Å². The monoisotopic (exact) mass is 261 g/mol. The second kappa shape index (κ2) is 4.50. The molecule has 0 N–H and O–H groups in total. The molecule has 0 aliphatic rings. The summed E-state index contributed by atoms with van der Waals surface area (Å²) in [6.07, 6.45) is 1.89. The van der Waals surface area contributed by atoms with Crippen molar-refractivity contribution in [2.45, 2.75) is 20.8 Å². The van der Waals surface area contributed by atoms with Crippen molar-refractivity contribution >= 4 is 5.65 Å². The third kappa shape index (κ3) is 1.78. The van der Waals surface area contributed by atoms with Crippen LogP contribution >= 0.6 is 0 Å². The number of fused-ring (bicyclic) bond motifs is 1. The second-order valence-electron chi connectivity index (χ2n) is 5.10. The maximum atomic E-state index is 9.47. The lowest BCUT2D eigenvalue weighted by Crippen LogP contribution is -1.90. The summed E-state index contributed by atoms with van der Waals surface area (Å²) in [7, 11) is 0. The summed E-state index contributed by atoms with van der Waals surface area (Å²) >= 11 is 0. The van der Waals surface area contributed by atoms with Crippen LogP contribution in [0.4, 0.5) is 0 Å². The number of nitrogens with zero attached hydrogens (tertiary/aromatic N) is 3. The number of aromatic nitrogens is 2. The van der Waals surface area contributed by atoms with E-state index in [-0.39, 0.29) is 0 Å². The van der Waals surface area contributed by atoms with Crippen molar-refractivity contribution in [1.29, 1.82) is 5.26 Å². The Balaban J connectivity index is 2.33. The van der Waals surface area contributed by atoms with Gasteiger partial charge in [-0.1, -0.05) is 18.2 Å². The molecular weight excluding hydrogens is 246 g/mol. The van der Waals surface area contributed by atoms with Crippen molar-refractivity contribution in [1.82, 2.24) is 9.38 Å². The smallest absolute Gasteiger partial charge is 0.152 e. The number of hydrogen-bond acceptors (Lipinski definition) is 2. The summed E-state index contributed by atoms with van der Waals surface area (Å²) in [5.74, 6) is 0. The van der Waals surface area contributed by atoms with Gasteiger partial charge in [-0.25, -0.2) is 4.98 Å². The Bertz CT molecular complexity index is 851. The first-order valence-corrected chi connectivity index (χ1v) is 6.57. The zero-order valence-electron chi connectivity index (χ0n) is 11.8. The van der Waals surface area contributed by atoms with Crippen LogP contribution < -0.4 is 0 Å². The van der Waals surface area contributed by atoms with Gasteiger partial charge in [0, 0.05) is 11.8 Å². The Labute approximate surface area is 118 Å². The lowest BCUT2D eigenvalue weighted by atomic mass is 10.0. The first-order chi connectivity index (χ1) is 9.61. The van der Waals surface area contributed by atoms with Crippen molar-refractivity contribution in [3.8, 4) is 17.3 Å². The van der Waals surface area contributed by atoms with Crippen LogP contribution in [0.25, 0.3) is 16.9 Å². The Morgan fingerprint density at radius 2 is 1.85 bits per heavy atom. The van der Waals surface area contributed by atoms with Gasteiger partial charge in [0.2, 0.25) is 0 Å². The predicted octanol–water partition coefficient (Wildman–Crippen LogP) is 3.80. The van der Waals surface area contributed by atoms with E-state index < -0.39 is 0 Å². The standard InChI is InChI=1S/C17H15N3/c1-11-6-7-14(9-13(11)3)16-15(10-18)20-8-4-5-12(2)17(20)19-16/h4-9H,1-3H3. The Morgan fingerprint density at radius 1 is 1.05 bits per heavy atom. The minimum atomic E-state index is 0.590. The second-order valence-corrected chi connectivity index (χ2v) is 5.10. The molecule has 2 aromatic heterocycles. The van der Waals surface area contributed by atoms with Gasteiger partial charge in [0.05, 0.1) is 0 Å². The number of aryl methyl sites for hydroxylation is 3. The van der Waals surface area contributed by atoms with Gasteiger partial charge in [-0.3, -0.25) is 4.40 Å². The van der Waals surface area contributed by atoms with Crippen LogP contribution in [0.15, 0.2) is 36.5 Å². The number of rotatable bonds is 1. The third-order valence-corrected chi connectivity index (χ3v) is 3.73. The zero-order valence-corrected chi connectivity index (χ0v) is 11.8. The lowest BCUT2D eigenvalue weighted by molar-refractivity contribution is 1.14. The lowest BCUT2D eigenvalue weighted by Gasteiger charge is -2.03. The van der Waals surface area contributed by atoms with Crippen LogP contribution in [0.3, 0.4) is 0 Å². The molecule has 0 saturated carbocycles. The highest BCUT2D eigenvalue weighted by atomic mass is 15.0. The maximum absolute atomic E-state index is 9.47. The third-order valence-electron chi connectivity index (χ3n) is 3.73. The first-order valence-electron chi connectivity index (χ1n) is 6.57. The average Bonchev–Trinajstić information content (AvgIpc) is 2.82. The average molecular weight is 261 g/mol. The van der Waals surface area contributed by atoms with E-state index in [0.717, 1.165) is 22.5 Å². The van der Waals surface area contributed by atoms with Crippen LogP contribution in [-0.4, -0.2) is 9.38 Å². The van der Waals surface area contributed by atoms with Gasteiger partial charge in [-0.05, 0) is 49.6 Å². The topological polar surface area (TPSA) is 41.1 Å². The highest BCUT2D eigenvalue weighted by Crippen LogP contribution is 2.26. The molecule has 1 aromatic carbocycles. The summed E-state index contributed by atoms with van der Waals surface area (Å²) in [6, 6.07) is 12.4. The number of imidazole rings is 1. The minimum absolute atomic E-state index is 0.590. The van der Waals surface area contributed by atoms with E-state index in [9.17, 15) is 5.26 Å². The largest absolute Gasteiger partial charge is 0.291 e. The van der Waals surface area contributed by atoms with E-state index in [1.54, 1.807) is 0 Å². The molecule has 0 saturated heterocycles. The number of benzene rings is 1.